The molecule has 0 atom stereocenters. The van der Waals surface area contributed by atoms with Gasteiger partial charge in [-0.25, -0.2) is 4.79 Å². The van der Waals surface area contributed by atoms with Crippen LogP contribution in [0.1, 0.15) is 6.92 Å². The van der Waals surface area contributed by atoms with Crippen LogP contribution in [0, 0.1) is 11.8 Å². The van der Waals surface area contributed by atoms with E-state index in [0.717, 1.165) is 0 Å². The molecule has 0 spiro atoms. The molecule has 0 aliphatic carbocycles. The first-order chi connectivity index (χ1) is 8.19. The highest BCUT2D eigenvalue weighted by molar-refractivity contribution is 5.87. The zero-order chi connectivity index (χ0) is 12.7. The molecule has 1 N–H and O–H groups in total. The number of carbonyl (C=O) groups is 2. The number of nitrogens with zero attached hydrogens (tertiary/aromatic N) is 2. The topological polar surface area (TPSA) is 61.9 Å². The van der Waals surface area contributed by atoms with Gasteiger partial charge in [0, 0.05) is 13.7 Å². The van der Waals surface area contributed by atoms with Gasteiger partial charge in [-0.1, -0.05) is 5.92 Å². The van der Waals surface area contributed by atoms with Crippen molar-refractivity contribution < 1.29 is 14.3 Å². The van der Waals surface area contributed by atoms with Crippen LogP contribution >= 0.6 is 0 Å². The first-order valence-electron chi connectivity index (χ1n) is 5.38. The Morgan fingerprint density at radius 1 is 1.59 bits per heavy atom. The van der Waals surface area contributed by atoms with Gasteiger partial charge in [0.1, 0.15) is 6.54 Å². The first-order valence-corrected chi connectivity index (χ1v) is 5.38. The van der Waals surface area contributed by atoms with E-state index in [2.05, 4.69) is 17.2 Å². The molecule has 0 saturated carbocycles. The summed E-state index contributed by atoms with van der Waals surface area (Å²) in [4.78, 5) is 26.2. The highest BCUT2D eigenvalue weighted by Crippen LogP contribution is 2.06. The Balaban J connectivity index is 2.38. The Morgan fingerprint density at radius 3 is 3.00 bits per heavy atom. The van der Waals surface area contributed by atoms with Gasteiger partial charge in [0.25, 0.3) is 0 Å². The second-order valence-corrected chi connectivity index (χ2v) is 3.57. The summed E-state index contributed by atoms with van der Waals surface area (Å²) in [5.74, 6) is 5.36. The highest BCUT2D eigenvalue weighted by atomic mass is 16.5. The van der Waals surface area contributed by atoms with Crippen LogP contribution in [0.5, 0.6) is 0 Å². The quantitative estimate of drug-likeness (QED) is 0.671. The summed E-state index contributed by atoms with van der Waals surface area (Å²) in [6.07, 6.45) is 0. The molecule has 0 aromatic heterocycles. The molecule has 1 aliphatic heterocycles. The second kappa shape index (κ2) is 6.76. The lowest BCUT2D eigenvalue weighted by Crippen LogP contribution is -2.40. The van der Waals surface area contributed by atoms with E-state index in [-0.39, 0.29) is 18.5 Å². The van der Waals surface area contributed by atoms with Crippen molar-refractivity contribution in [1.29, 1.82) is 0 Å². The monoisotopic (exact) mass is 239 g/mol. The molecule has 1 fully saturated rings. The SMILES string of the molecule is CC#CCNC(=O)N1CC(=O)N(CCOC)C1. The third-order valence-corrected chi connectivity index (χ3v) is 2.38. The van der Waals surface area contributed by atoms with Crippen molar-refractivity contribution in [3.05, 3.63) is 0 Å². The summed E-state index contributed by atoms with van der Waals surface area (Å²) in [5.41, 5.74) is 0. The van der Waals surface area contributed by atoms with Crippen molar-refractivity contribution in [3.63, 3.8) is 0 Å². The van der Waals surface area contributed by atoms with Crippen molar-refractivity contribution >= 4 is 11.9 Å². The molecule has 1 heterocycles. The van der Waals surface area contributed by atoms with E-state index < -0.39 is 0 Å². The summed E-state index contributed by atoms with van der Waals surface area (Å²) in [5, 5.41) is 2.63. The molecular weight excluding hydrogens is 222 g/mol. The summed E-state index contributed by atoms with van der Waals surface area (Å²) >= 11 is 0. The van der Waals surface area contributed by atoms with Crippen LogP contribution in [0.25, 0.3) is 0 Å². The highest BCUT2D eigenvalue weighted by Gasteiger charge is 2.29. The maximum absolute atomic E-state index is 11.6. The normalized spacial score (nSPS) is 14.6. The van der Waals surface area contributed by atoms with Crippen LogP contribution in [-0.4, -0.2) is 61.8 Å². The fourth-order valence-electron chi connectivity index (χ4n) is 1.45. The first kappa shape index (κ1) is 13.3. The van der Waals surface area contributed by atoms with Crippen LogP contribution in [-0.2, 0) is 9.53 Å². The average molecular weight is 239 g/mol. The van der Waals surface area contributed by atoms with E-state index in [1.807, 2.05) is 0 Å². The van der Waals surface area contributed by atoms with Gasteiger partial charge < -0.3 is 15.0 Å². The maximum atomic E-state index is 11.6. The number of methoxy groups -OCH3 is 1. The van der Waals surface area contributed by atoms with Crippen LogP contribution in [0.15, 0.2) is 0 Å². The molecular formula is C11H17N3O3. The van der Waals surface area contributed by atoms with Gasteiger partial charge >= 0.3 is 6.03 Å². The number of carbonyl (C=O) groups excluding carboxylic acids is 2. The smallest absolute Gasteiger partial charge is 0.320 e. The third-order valence-electron chi connectivity index (χ3n) is 2.38. The van der Waals surface area contributed by atoms with E-state index in [0.29, 0.717) is 26.4 Å². The molecule has 1 aliphatic rings. The van der Waals surface area contributed by atoms with Crippen molar-refractivity contribution in [2.45, 2.75) is 6.92 Å². The minimum atomic E-state index is -0.263. The lowest BCUT2D eigenvalue weighted by Gasteiger charge is -2.17. The molecule has 0 aromatic rings. The minimum Gasteiger partial charge on any atom is -0.383 e. The van der Waals surface area contributed by atoms with Crippen LogP contribution < -0.4 is 5.32 Å². The van der Waals surface area contributed by atoms with Crippen molar-refractivity contribution in [1.82, 2.24) is 15.1 Å². The van der Waals surface area contributed by atoms with Gasteiger partial charge in [-0.05, 0) is 6.92 Å². The number of amides is 3. The Bertz CT molecular complexity index is 346. The number of hydrogen-bond donors (Lipinski definition) is 1. The Morgan fingerprint density at radius 2 is 2.35 bits per heavy atom. The van der Waals surface area contributed by atoms with E-state index in [4.69, 9.17) is 4.74 Å². The molecule has 17 heavy (non-hydrogen) atoms. The third kappa shape index (κ3) is 3.96. The predicted octanol–water partition coefficient (Wildman–Crippen LogP) is -0.533. The minimum absolute atomic E-state index is 0.0567. The van der Waals surface area contributed by atoms with Crippen molar-refractivity contribution in [2.75, 3.05) is 40.0 Å². The number of urea groups is 1. The summed E-state index contributed by atoms with van der Waals surface area (Å²) in [6.45, 7) is 3.43. The molecule has 6 heteroatoms. The van der Waals surface area contributed by atoms with Gasteiger partial charge in [-0.3, -0.25) is 9.69 Å². The van der Waals surface area contributed by atoms with Gasteiger partial charge in [0.15, 0.2) is 0 Å². The number of rotatable bonds is 4. The van der Waals surface area contributed by atoms with Crippen molar-refractivity contribution in [2.24, 2.45) is 0 Å². The summed E-state index contributed by atoms with van der Waals surface area (Å²) in [7, 11) is 1.58. The summed E-state index contributed by atoms with van der Waals surface area (Å²) < 4.78 is 4.90. The number of hydrogen-bond acceptors (Lipinski definition) is 3. The number of nitrogens with one attached hydrogen (secondary N) is 1. The van der Waals surface area contributed by atoms with Gasteiger partial charge in [-0.15, -0.1) is 5.92 Å². The van der Waals surface area contributed by atoms with E-state index in [1.54, 1.807) is 18.9 Å². The molecule has 1 rings (SSSR count). The molecule has 0 aromatic carbocycles. The van der Waals surface area contributed by atoms with E-state index in [1.165, 1.54) is 4.90 Å². The van der Waals surface area contributed by atoms with Gasteiger partial charge in [0.05, 0.1) is 19.8 Å². The van der Waals surface area contributed by atoms with Gasteiger partial charge in [-0.2, -0.15) is 0 Å². The lowest BCUT2D eigenvalue weighted by atomic mass is 10.5. The predicted molar refractivity (Wildman–Crippen MR) is 62.0 cm³/mol. The molecule has 0 unspecified atom stereocenters. The largest absolute Gasteiger partial charge is 0.383 e. The van der Waals surface area contributed by atoms with Crippen LogP contribution in [0.4, 0.5) is 4.79 Å². The zero-order valence-corrected chi connectivity index (χ0v) is 10.2. The van der Waals surface area contributed by atoms with Crippen LogP contribution in [0.2, 0.25) is 0 Å². The molecule has 1 saturated heterocycles. The summed E-state index contributed by atoms with van der Waals surface area (Å²) in [6, 6.07) is -0.263. The van der Waals surface area contributed by atoms with E-state index in [9.17, 15) is 9.59 Å². The van der Waals surface area contributed by atoms with E-state index >= 15 is 0 Å². The molecule has 94 valence electrons. The molecule has 6 nitrogen and oxygen atoms in total. The van der Waals surface area contributed by atoms with Crippen molar-refractivity contribution in [3.8, 4) is 11.8 Å². The Hall–Kier alpha value is -1.74. The second-order valence-electron chi connectivity index (χ2n) is 3.57. The average Bonchev–Trinajstić information content (AvgIpc) is 2.68. The fourth-order valence-corrected chi connectivity index (χ4v) is 1.45. The molecule has 0 radical (unpaired) electrons. The maximum Gasteiger partial charge on any atom is 0.320 e. The molecule has 0 bridgehead atoms. The van der Waals surface area contributed by atoms with Gasteiger partial charge in [0.2, 0.25) is 5.91 Å². The molecule has 3 amide bonds. The van der Waals surface area contributed by atoms with Crippen LogP contribution in [0.3, 0.4) is 0 Å². The Labute approximate surface area is 101 Å². The fraction of sp³-hybridized carbons (Fsp3) is 0.636. The lowest BCUT2D eigenvalue weighted by molar-refractivity contribution is -0.127. The zero-order valence-electron chi connectivity index (χ0n) is 10.2. The standard InChI is InChI=1S/C11H17N3O3/c1-3-4-5-12-11(16)14-8-10(15)13(9-14)6-7-17-2/h5-9H2,1-2H3,(H,12,16). The number of ether oxygens (including phenoxy) is 1. The Kier molecular flexibility index (Phi) is 5.30.